The van der Waals surface area contributed by atoms with Crippen LogP contribution in [0.25, 0.3) is 0 Å². The third-order valence-electron chi connectivity index (χ3n) is 12.4. The molecule has 4 nitrogen and oxygen atoms in total. The van der Waals surface area contributed by atoms with Crippen molar-refractivity contribution in [1.82, 2.24) is 0 Å². The van der Waals surface area contributed by atoms with Gasteiger partial charge in [-0.05, 0) is 124 Å². The van der Waals surface area contributed by atoms with Gasteiger partial charge in [-0.15, -0.1) is 0 Å². The van der Waals surface area contributed by atoms with Crippen LogP contribution in [0.4, 0.5) is 4.39 Å². The Kier molecular flexibility index (Phi) is 7.71. The fourth-order valence-corrected chi connectivity index (χ4v) is 10.7. The number of ether oxygens (including phenoxy) is 3. The summed E-state index contributed by atoms with van der Waals surface area (Å²) >= 11 is 0. The van der Waals surface area contributed by atoms with Gasteiger partial charge in [-0.2, -0.15) is 0 Å². The first kappa shape index (κ1) is 29.4. The molecule has 1 aliphatic heterocycles. The highest BCUT2D eigenvalue weighted by molar-refractivity contribution is 5.66. The van der Waals surface area contributed by atoms with Crippen LogP contribution in [0.1, 0.15) is 117 Å². The Morgan fingerprint density at radius 2 is 1.80 bits per heavy atom. The molecule has 3 saturated carbocycles. The lowest BCUT2D eigenvalue weighted by Crippen LogP contribution is -2.53. The minimum atomic E-state index is -0.512. The summed E-state index contributed by atoms with van der Waals surface area (Å²) in [5.41, 5.74) is 2.66. The van der Waals surface area contributed by atoms with E-state index in [1.54, 1.807) is 17.7 Å². The highest BCUT2D eigenvalue weighted by atomic mass is 19.1. The van der Waals surface area contributed by atoms with E-state index < -0.39 is 11.9 Å². The molecule has 6 rings (SSSR count). The molecule has 0 bridgehead atoms. The van der Waals surface area contributed by atoms with Gasteiger partial charge in [-0.3, -0.25) is 4.79 Å². The van der Waals surface area contributed by atoms with Crippen molar-refractivity contribution < 1.29 is 23.4 Å². The van der Waals surface area contributed by atoms with E-state index in [9.17, 15) is 9.18 Å². The highest BCUT2D eigenvalue weighted by Gasteiger charge is 2.61. The highest BCUT2D eigenvalue weighted by Crippen LogP contribution is 2.68. The van der Waals surface area contributed by atoms with Gasteiger partial charge in [0.1, 0.15) is 18.0 Å². The number of carbonyl (C=O) groups excluding carboxylic acids is 1. The summed E-state index contributed by atoms with van der Waals surface area (Å²) in [6.45, 7) is 13.1. The van der Waals surface area contributed by atoms with Crippen LogP contribution in [0.5, 0.6) is 0 Å². The van der Waals surface area contributed by atoms with Crippen LogP contribution in [0, 0.1) is 46.2 Å². The van der Waals surface area contributed by atoms with Gasteiger partial charge in [0.25, 0.3) is 0 Å². The predicted octanol–water partition coefficient (Wildman–Crippen LogP) is 8.95. The van der Waals surface area contributed by atoms with Gasteiger partial charge in [-0.1, -0.05) is 51.5 Å². The average Bonchev–Trinajstić information content (AvgIpc) is 3.43. The summed E-state index contributed by atoms with van der Waals surface area (Å²) in [6, 6.07) is 6.70. The van der Waals surface area contributed by atoms with Crippen molar-refractivity contribution in [3.63, 3.8) is 0 Å². The summed E-state index contributed by atoms with van der Waals surface area (Å²) in [7, 11) is 0. The van der Waals surface area contributed by atoms with E-state index in [1.165, 1.54) is 51.5 Å². The molecule has 5 heteroatoms. The van der Waals surface area contributed by atoms with Crippen molar-refractivity contribution in [2.75, 3.05) is 0 Å². The largest absolute Gasteiger partial charge is 0.458 e. The lowest BCUT2D eigenvalue weighted by molar-refractivity contribution is -0.147. The zero-order valence-electron chi connectivity index (χ0n) is 26.1. The monoisotopic (exact) mass is 566 g/mol. The molecule has 0 spiro atoms. The molecular formula is C36H51FO4. The van der Waals surface area contributed by atoms with Crippen molar-refractivity contribution in [3.05, 3.63) is 47.3 Å². The number of halogens is 1. The fourth-order valence-electron chi connectivity index (χ4n) is 10.7. The summed E-state index contributed by atoms with van der Waals surface area (Å²) < 4.78 is 32.9. The van der Waals surface area contributed by atoms with Crippen LogP contribution in [-0.2, 0) is 19.0 Å². The molecule has 0 N–H and O–H groups in total. The van der Waals surface area contributed by atoms with Crippen molar-refractivity contribution in [2.45, 2.75) is 130 Å². The minimum absolute atomic E-state index is 0.134. The quantitative estimate of drug-likeness (QED) is 0.244. The van der Waals surface area contributed by atoms with Gasteiger partial charge in [0.2, 0.25) is 0 Å². The Hall–Kier alpha value is -1.72. The summed E-state index contributed by atoms with van der Waals surface area (Å²) in [5.74, 6) is 2.49. The second kappa shape index (κ2) is 10.8. The molecule has 10 atom stereocenters. The Bertz CT molecular complexity index is 1180. The van der Waals surface area contributed by atoms with E-state index in [1.807, 2.05) is 6.07 Å². The molecule has 1 aromatic rings. The van der Waals surface area contributed by atoms with Crippen LogP contribution < -0.4 is 0 Å². The number of fused-ring (bicyclic) bond motifs is 7. The summed E-state index contributed by atoms with van der Waals surface area (Å²) in [4.78, 5) is 11.8. The van der Waals surface area contributed by atoms with Crippen molar-refractivity contribution in [3.8, 4) is 0 Å². The molecule has 4 fully saturated rings. The second-order valence-electron chi connectivity index (χ2n) is 15.1. The maximum Gasteiger partial charge on any atom is 0.303 e. The Morgan fingerprint density at radius 1 is 1.02 bits per heavy atom. The minimum Gasteiger partial charge on any atom is -0.458 e. The van der Waals surface area contributed by atoms with E-state index >= 15 is 0 Å². The van der Waals surface area contributed by atoms with Gasteiger partial charge in [-0.25, -0.2) is 4.39 Å². The molecule has 1 aromatic carbocycles. The fraction of sp³-hybridized carbons (Fsp3) is 0.750. The van der Waals surface area contributed by atoms with Crippen molar-refractivity contribution in [1.29, 1.82) is 0 Å². The van der Waals surface area contributed by atoms with Gasteiger partial charge >= 0.3 is 5.97 Å². The Balaban J connectivity index is 1.12. The van der Waals surface area contributed by atoms with E-state index in [4.69, 9.17) is 14.2 Å². The maximum atomic E-state index is 14.5. The number of benzene rings is 1. The summed E-state index contributed by atoms with van der Waals surface area (Å²) in [6.07, 6.45) is 13.9. The molecular weight excluding hydrogens is 515 g/mol. The SMILES string of the molecule is CC(=O)OC(CCC[C@@H](C)[C@H]1CC[C@H]2[C@@H]3CC=C4[C@H]5OC(C)(C)O[C@H]5CC[C@]4(C)[C@H]3CC[C@]12C)c1ccccc1F. The molecule has 41 heavy (non-hydrogen) atoms. The number of hydrogen-bond acceptors (Lipinski definition) is 4. The third kappa shape index (κ3) is 5.11. The molecule has 0 aromatic heterocycles. The Morgan fingerprint density at radius 3 is 2.56 bits per heavy atom. The number of allylic oxidation sites excluding steroid dienone is 1. The van der Waals surface area contributed by atoms with Crippen LogP contribution in [0.3, 0.4) is 0 Å². The molecule has 1 heterocycles. The van der Waals surface area contributed by atoms with Crippen LogP contribution in [0.15, 0.2) is 35.9 Å². The lowest BCUT2D eigenvalue weighted by Gasteiger charge is -2.59. The van der Waals surface area contributed by atoms with Crippen LogP contribution >= 0.6 is 0 Å². The smallest absolute Gasteiger partial charge is 0.303 e. The molecule has 0 amide bonds. The van der Waals surface area contributed by atoms with Crippen molar-refractivity contribution >= 4 is 5.97 Å². The van der Waals surface area contributed by atoms with Gasteiger partial charge in [0.05, 0.1) is 6.10 Å². The first-order valence-corrected chi connectivity index (χ1v) is 16.4. The topological polar surface area (TPSA) is 44.8 Å². The Labute approximate surface area is 246 Å². The second-order valence-corrected chi connectivity index (χ2v) is 15.1. The van der Waals surface area contributed by atoms with Crippen molar-refractivity contribution in [2.24, 2.45) is 40.4 Å². The van der Waals surface area contributed by atoms with Gasteiger partial charge in [0, 0.05) is 12.5 Å². The number of esters is 1. The predicted molar refractivity (Wildman–Crippen MR) is 158 cm³/mol. The van der Waals surface area contributed by atoms with Crippen LogP contribution in [-0.4, -0.2) is 24.0 Å². The van der Waals surface area contributed by atoms with Crippen LogP contribution in [0.2, 0.25) is 0 Å². The average molecular weight is 567 g/mol. The van der Waals surface area contributed by atoms with E-state index in [0.717, 1.165) is 42.9 Å². The number of rotatable bonds is 7. The van der Waals surface area contributed by atoms with Gasteiger partial charge in [0.15, 0.2) is 5.79 Å². The molecule has 1 saturated heterocycles. The number of carbonyl (C=O) groups is 1. The van der Waals surface area contributed by atoms with E-state index in [-0.39, 0.29) is 29.4 Å². The molecule has 4 aliphatic carbocycles. The van der Waals surface area contributed by atoms with E-state index in [0.29, 0.717) is 23.3 Å². The normalized spacial score (nSPS) is 40.4. The first-order chi connectivity index (χ1) is 19.4. The number of hydrogen-bond donors (Lipinski definition) is 0. The molecule has 5 aliphatic rings. The summed E-state index contributed by atoms with van der Waals surface area (Å²) in [5, 5.41) is 0. The standard InChI is InChI=1S/C36H51FO4/c1-22(10-9-13-31(39-23(2)38)25-11-7-8-12-30(25)37)26-16-17-27-24-14-15-29-33-32(40-34(3,4)41-33)19-21-36(29,6)28(24)18-20-35(26,27)5/h7-8,11-12,15,22,24,26-28,31-33H,9-10,13-14,16-21H2,1-6H3/t22-,24+,26-,27+,28+,31?,32+,33-,35-,36-/m1/s1. The molecule has 1 unspecified atom stereocenters. The maximum absolute atomic E-state index is 14.5. The molecule has 226 valence electrons. The zero-order valence-corrected chi connectivity index (χ0v) is 26.1. The van der Waals surface area contributed by atoms with E-state index in [2.05, 4.69) is 40.7 Å². The zero-order chi connectivity index (χ0) is 29.2. The third-order valence-corrected chi connectivity index (χ3v) is 12.4. The first-order valence-electron chi connectivity index (χ1n) is 16.4. The van der Waals surface area contributed by atoms with Gasteiger partial charge < -0.3 is 14.2 Å². The molecule has 0 radical (unpaired) electrons. The lowest BCUT2D eigenvalue weighted by atomic mass is 9.46.